The Labute approximate surface area is 81.4 Å². The van der Waals surface area contributed by atoms with Crippen molar-refractivity contribution in [3.05, 3.63) is 48.6 Å². The molecular formula is C13H18. The number of rotatable bonds is 0. The van der Waals surface area contributed by atoms with E-state index in [4.69, 9.17) is 0 Å². The van der Waals surface area contributed by atoms with Gasteiger partial charge in [0.15, 0.2) is 0 Å². The van der Waals surface area contributed by atoms with Crippen LogP contribution in [0.25, 0.3) is 0 Å². The lowest BCUT2D eigenvalue weighted by Crippen LogP contribution is -1.68. The predicted octanol–water partition coefficient (Wildman–Crippen LogP) is 4.18. The Morgan fingerprint density at radius 3 is 2.08 bits per heavy atom. The molecule has 0 aromatic heterocycles. The smallest absolute Gasteiger partial charge is 0.0166 e. The van der Waals surface area contributed by atoms with Gasteiger partial charge in [-0.15, -0.1) is 0 Å². The fourth-order valence-corrected chi connectivity index (χ4v) is 1.25. The monoisotopic (exact) mass is 174 g/mol. The van der Waals surface area contributed by atoms with E-state index in [9.17, 15) is 0 Å². The first-order valence-corrected chi connectivity index (χ1v) is 5.12. The first-order chi connectivity index (χ1) is 6.50. The van der Waals surface area contributed by atoms with Gasteiger partial charge in [0.25, 0.3) is 0 Å². The minimum Gasteiger partial charge on any atom is -0.0882 e. The second-order valence-electron chi connectivity index (χ2n) is 3.20. The van der Waals surface area contributed by atoms with Gasteiger partial charge in [-0.05, 0) is 32.1 Å². The molecule has 0 atom stereocenters. The Kier molecular flexibility index (Phi) is 5.87. The average molecular weight is 174 g/mol. The zero-order valence-corrected chi connectivity index (χ0v) is 8.15. The largest absolute Gasteiger partial charge is 0.0882 e. The Balaban J connectivity index is 2.38. The van der Waals surface area contributed by atoms with Gasteiger partial charge in [0.1, 0.15) is 0 Å². The fraction of sp³-hybridized carbons (Fsp3) is 0.385. The second kappa shape index (κ2) is 7.60. The molecule has 0 bridgehead atoms. The van der Waals surface area contributed by atoms with Crippen LogP contribution in [0.4, 0.5) is 0 Å². The van der Waals surface area contributed by atoms with Gasteiger partial charge in [-0.1, -0.05) is 48.6 Å². The number of allylic oxidation sites excluding steroid dienone is 8. The Bertz CT molecular complexity index is 216. The average Bonchev–Trinajstić information content (AvgIpc) is 2.18. The predicted molar refractivity (Wildman–Crippen MR) is 59.6 cm³/mol. The van der Waals surface area contributed by atoms with E-state index >= 15 is 0 Å². The number of hydrogen-bond acceptors (Lipinski definition) is 0. The molecule has 0 heteroatoms. The molecule has 0 N–H and O–H groups in total. The topological polar surface area (TPSA) is 0 Å². The first kappa shape index (κ1) is 10.0. The maximum absolute atomic E-state index is 2.28. The summed E-state index contributed by atoms with van der Waals surface area (Å²) in [6, 6.07) is 0. The van der Waals surface area contributed by atoms with E-state index in [1.165, 1.54) is 19.3 Å². The van der Waals surface area contributed by atoms with Crippen LogP contribution in [0.1, 0.15) is 32.1 Å². The van der Waals surface area contributed by atoms with E-state index in [1.54, 1.807) is 0 Å². The zero-order chi connectivity index (χ0) is 9.19. The van der Waals surface area contributed by atoms with Crippen LogP contribution in [0.3, 0.4) is 0 Å². The molecule has 0 aliphatic heterocycles. The molecule has 13 heavy (non-hydrogen) atoms. The standard InChI is InChI=1S/C13H18/c1-2-4-6-8-10-12-13-11-9-7-5-3-1/h1-4,7,9,12-13H,5-6,8,10-11H2/b3-1+,4-2-,9-7+,13-12+. The zero-order valence-electron chi connectivity index (χ0n) is 8.15. The van der Waals surface area contributed by atoms with Crippen molar-refractivity contribution in [1.29, 1.82) is 0 Å². The van der Waals surface area contributed by atoms with E-state index < -0.39 is 0 Å². The van der Waals surface area contributed by atoms with E-state index in [-0.39, 0.29) is 0 Å². The van der Waals surface area contributed by atoms with Gasteiger partial charge < -0.3 is 0 Å². The van der Waals surface area contributed by atoms with Gasteiger partial charge in [-0.25, -0.2) is 0 Å². The summed E-state index contributed by atoms with van der Waals surface area (Å²) >= 11 is 0. The molecule has 0 saturated heterocycles. The summed E-state index contributed by atoms with van der Waals surface area (Å²) in [6.45, 7) is 0. The second-order valence-corrected chi connectivity index (χ2v) is 3.20. The molecule has 1 aliphatic carbocycles. The van der Waals surface area contributed by atoms with Crippen LogP contribution in [0, 0.1) is 0 Å². The van der Waals surface area contributed by atoms with Gasteiger partial charge >= 0.3 is 0 Å². The van der Waals surface area contributed by atoms with Crippen molar-refractivity contribution < 1.29 is 0 Å². The number of hydrogen-bond donors (Lipinski definition) is 0. The van der Waals surface area contributed by atoms with Crippen molar-refractivity contribution in [1.82, 2.24) is 0 Å². The summed E-state index contributed by atoms with van der Waals surface area (Å²) in [5.41, 5.74) is 0. The van der Waals surface area contributed by atoms with Gasteiger partial charge in [0, 0.05) is 0 Å². The van der Waals surface area contributed by atoms with Crippen LogP contribution in [-0.4, -0.2) is 0 Å². The van der Waals surface area contributed by atoms with E-state index in [2.05, 4.69) is 48.6 Å². The Morgan fingerprint density at radius 2 is 1.15 bits per heavy atom. The highest BCUT2D eigenvalue weighted by atomic mass is 13.9. The molecule has 0 nitrogen and oxygen atoms in total. The summed E-state index contributed by atoms with van der Waals surface area (Å²) < 4.78 is 0. The van der Waals surface area contributed by atoms with Crippen molar-refractivity contribution in [2.45, 2.75) is 32.1 Å². The van der Waals surface area contributed by atoms with Crippen LogP contribution < -0.4 is 0 Å². The molecule has 70 valence electrons. The maximum atomic E-state index is 2.28. The molecule has 0 amide bonds. The van der Waals surface area contributed by atoms with Crippen molar-refractivity contribution in [2.75, 3.05) is 0 Å². The minimum atomic E-state index is 1.05. The molecule has 0 aromatic rings. The van der Waals surface area contributed by atoms with Gasteiger partial charge in [-0.3, -0.25) is 0 Å². The molecule has 0 aromatic carbocycles. The fourth-order valence-electron chi connectivity index (χ4n) is 1.25. The van der Waals surface area contributed by atoms with Gasteiger partial charge in [-0.2, -0.15) is 0 Å². The van der Waals surface area contributed by atoms with Crippen molar-refractivity contribution in [3.8, 4) is 0 Å². The van der Waals surface area contributed by atoms with Crippen LogP contribution in [0.5, 0.6) is 0 Å². The summed E-state index contributed by atoms with van der Waals surface area (Å²) in [5.74, 6) is 0. The summed E-state index contributed by atoms with van der Waals surface area (Å²) in [6.07, 6.45) is 23.5. The highest BCUT2D eigenvalue weighted by Gasteiger charge is 1.80. The quantitative estimate of drug-likeness (QED) is 0.483. The summed E-state index contributed by atoms with van der Waals surface area (Å²) in [5, 5.41) is 0. The first-order valence-electron chi connectivity index (χ1n) is 5.12. The molecule has 0 saturated carbocycles. The summed E-state index contributed by atoms with van der Waals surface area (Å²) in [7, 11) is 0. The molecule has 0 spiro atoms. The Morgan fingerprint density at radius 1 is 0.538 bits per heavy atom. The SMILES string of the molecule is C1=C\CCC/C=C/C/C=C/C/C=C/1. The third kappa shape index (κ3) is 6.15. The molecule has 0 heterocycles. The van der Waals surface area contributed by atoms with E-state index in [0.29, 0.717) is 0 Å². The van der Waals surface area contributed by atoms with Gasteiger partial charge in [0.2, 0.25) is 0 Å². The molecule has 1 rings (SSSR count). The third-order valence-corrected chi connectivity index (χ3v) is 2.00. The summed E-state index contributed by atoms with van der Waals surface area (Å²) in [4.78, 5) is 0. The van der Waals surface area contributed by atoms with Crippen LogP contribution in [-0.2, 0) is 0 Å². The highest BCUT2D eigenvalue weighted by molar-refractivity contribution is 5.06. The van der Waals surface area contributed by atoms with E-state index in [0.717, 1.165) is 12.8 Å². The van der Waals surface area contributed by atoms with Crippen LogP contribution >= 0.6 is 0 Å². The van der Waals surface area contributed by atoms with Crippen molar-refractivity contribution in [2.24, 2.45) is 0 Å². The lowest BCUT2D eigenvalue weighted by molar-refractivity contribution is 0.866. The lowest BCUT2D eigenvalue weighted by atomic mass is 10.2. The lowest BCUT2D eigenvalue weighted by Gasteiger charge is -1.88. The Hall–Kier alpha value is -1.04. The molecular weight excluding hydrogens is 156 g/mol. The van der Waals surface area contributed by atoms with Crippen molar-refractivity contribution >= 4 is 0 Å². The molecule has 0 unspecified atom stereocenters. The molecule has 0 radical (unpaired) electrons. The highest BCUT2D eigenvalue weighted by Crippen LogP contribution is 2.01. The molecule has 1 aliphatic rings. The van der Waals surface area contributed by atoms with Crippen LogP contribution in [0.15, 0.2) is 48.6 Å². The van der Waals surface area contributed by atoms with Gasteiger partial charge in [0.05, 0.1) is 0 Å². The van der Waals surface area contributed by atoms with Crippen LogP contribution in [0.2, 0.25) is 0 Å². The maximum Gasteiger partial charge on any atom is -0.0166 e. The van der Waals surface area contributed by atoms with Crippen molar-refractivity contribution in [3.63, 3.8) is 0 Å². The molecule has 0 fully saturated rings. The normalized spacial score (nSPS) is 28.9. The van der Waals surface area contributed by atoms with E-state index in [1.807, 2.05) is 0 Å². The minimum absolute atomic E-state index is 1.05. The third-order valence-electron chi connectivity index (χ3n) is 2.00.